The Bertz CT molecular complexity index is 268. The van der Waals surface area contributed by atoms with E-state index in [1.54, 1.807) is 0 Å². The summed E-state index contributed by atoms with van der Waals surface area (Å²) in [6.45, 7) is 5.25. The Kier molecular flexibility index (Phi) is 5.91. The third kappa shape index (κ3) is 4.87. The van der Waals surface area contributed by atoms with E-state index in [-0.39, 0.29) is 0 Å². The van der Waals surface area contributed by atoms with Crippen molar-refractivity contribution in [2.24, 2.45) is 0 Å². The second-order valence-corrected chi connectivity index (χ2v) is 3.91. The molecule has 15 heavy (non-hydrogen) atoms. The van der Waals surface area contributed by atoms with Crippen LogP contribution < -0.4 is 4.74 Å². The van der Waals surface area contributed by atoms with Gasteiger partial charge in [-0.05, 0) is 30.5 Å². The van der Waals surface area contributed by atoms with Crippen LogP contribution >= 0.6 is 0 Å². The third-order valence-electron chi connectivity index (χ3n) is 2.57. The molecule has 0 aliphatic rings. The highest BCUT2D eigenvalue weighted by atomic mass is 16.5. The second kappa shape index (κ2) is 7.33. The lowest BCUT2D eigenvalue weighted by atomic mass is 10.2. The van der Waals surface area contributed by atoms with Gasteiger partial charge in [0.25, 0.3) is 0 Å². The summed E-state index contributed by atoms with van der Waals surface area (Å²) < 4.78 is 5.70. The third-order valence-corrected chi connectivity index (χ3v) is 2.57. The van der Waals surface area contributed by atoms with E-state index in [9.17, 15) is 0 Å². The van der Waals surface area contributed by atoms with Gasteiger partial charge in [-0.2, -0.15) is 0 Å². The Hall–Kier alpha value is -0.980. The zero-order valence-electron chi connectivity index (χ0n) is 9.96. The summed E-state index contributed by atoms with van der Waals surface area (Å²) in [5.74, 6) is 1.02. The lowest BCUT2D eigenvalue weighted by Gasteiger charge is -2.06. The van der Waals surface area contributed by atoms with E-state index < -0.39 is 0 Å². The standard InChI is InChI=1S/C14H22O/c1-3-5-6-7-11-15-14-10-8-9-13(4-2)12-14/h8-10,12H,3-7,11H2,1-2H3. The molecular formula is C14H22O. The Labute approximate surface area is 93.5 Å². The molecular weight excluding hydrogens is 184 g/mol. The Morgan fingerprint density at radius 3 is 2.67 bits per heavy atom. The van der Waals surface area contributed by atoms with Crippen LogP contribution in [0.4, 0.5) is 0 Å². The quantitative estimate of drug-likeness (QED) is 0.607. The fourth-order valence-electron chi connectivity index (χ4n) is 1.57. The van der Waals surface area contributed by atoms with Gasteiger partial charge in [-0.3, -0.25) is 0 Å². The molecule has 1 aromatic carbocycles. The SMILES string of the molecule is CCCCCCOc1cccc(CC)c1. The fraction of sp³-hybridized carbons (Fsp3) is 0.571. The molecule has 1 nitrogen and oxygen atoms in total. The van der Waals surface area contributed by atoms with Crippen LogP contribution in [0.25, 0.3) is 0 Å². The van der Waals surface area contributed by atoms with Crippen LogP contribution in [-0.4, -0.2) is 6.61 Å². The molecule has 1 rings (SSSR count). The van der Waals surface area contributed by atoms with Crippen LogP contribution in [0.5, 0.6) is 5.75 Å². The van der Waals surface area contributed by atoms with Crippen LogP contribution in [0.1, 0.15) is 45.1 Å². The van der Waals surface area contributed by atoms with Gasteiger partial charge in [0.05, 0.1) is 6.61 Å². The van der Waals surface area contributed by atoms with Gasteiger partial charge in [0.1, 0.15) is 5.75 Å². The molecule has 0 radical (unpaired) electrons. The maximum absolute atomic E-state index is 5.70. The van der Waals surface area contributed by atoms with Gasteiger partial charge < -0.3 is 4.74 Å². The van der Waals surface area contributed by atoms with Gasteiger partial charge in [-0.25, -0.2) is 0 Å². The molecule has 0 saturated heterocycles. The lowest BCUT2D eigenvalue weighted by molar-refractivity contribution is 0.305. The van der Waals surface area contributed by atoms with E-state index in [4.69, 9.17) is 4.74 Å². The van der Waals surface area contributed by atoms with Crippen molar-refractivity contribution in [3.05, 3.63) is 29.8 Å². The van der Waals surface area contributed by atoms with Crippen molar-refractivity contribution in [3.63, 3.8) is 0 Å². The Morgan fingerprint density at radius 1 is 1.07 bits per heavy atom. The summed E-state index contributed by atoms with van der Waals surface area (Å²) in [5, 5.41) is 0. The number of hydrogen-bond acceptors (Lipinski definition) is 1. The van der Waals surface area contributed by atoms with Gasteiger partial charge in [0.15, 0.2) is 0 Å². The van der Waals surface area contributed by atoms with E-state index >= 15 is 0 Å². The van der Waals surface area contributed by atoms with E-state index in [0.29, 0.717) is 0 Å². The maximum atomic E-state index is 5.70. The summed E-state index contributed by atoms with van der Waals surface area (Å²) in [7, 11) is 0. The molecule has 0 aromatic heterocycles. The molecule has 0 unspecified atom stereocenters. The van der Waals surface area contributed by atoms with Gasteiger partial charge in [0, 0.05) is 0 Å². The Morgan fingerprint density at radius 2 is 1.93 bits per heavy atom. The zero-order valence-corrected chi connectivity index (χ0v) is 9.96. The van der Waals surface area contributed by atoms with Gasteiger partial charge >= 0.3 is 0 Å². The largest absolute Gasteiger partial charge is 0.494 e. The van der Waals surface area contributed by atoms with Crippen LogP contribution in [-0.2, 0) is 6.42 Å². The molecule has 1 heteroatoms. The second-order valence-electron chi connectivity index (χ2n) is 3.91. The summed E-state index contributed by atoms with van der Waals surface area (Å²) in [5.41, 5.74) is 1.35. The van der Waals surface area contributed by atoms with E-state index in [0.717, 1.165) is 18.8 Å². The van der Waals surface area contributed by atoms with Gasteiger partial charge in [-0.1, -0.05) is 45.2 Å². The number of aryl methyl sites for hydroxylation is 1. The summed E-state index contributed by atoms with van der Waals surface area (Å²) >= 11 is 0. The number of rotatable bonds is 7. The number of unbranched alkanes of at least 4 members (excludes halogenated alkanes) is 3. The van der Waals surface area contributed by atoms with Gasteiger partial charge in [0.2, 0.25) is 0 Å². The molecule has 0 bridgehead atoms. The molecule has 84 valence electrons. The molecule has 1 aromatic rings. The minimum absolute atomic E-state index is 0.854. The number of benzene rings is 1. The predicted molar refractivity (Wildman–Crippen MR) is 65.5 cm³/mol. The van der Waals surface area contributed by atoms with Crippen molar-refractivity contribution >= 4 is 0 Å². The fourth-order valence-corrected chi connectivity index (χ4v) is 1.57. The molecule has 0 aliphatic carbocycles. The normalized spacial score (nSPS) is 10.3. The first-order valence-corrected chi connectivity index (χ1v) is 6.08. The zero-order chi connectivity index (χ0) is 10.9. The van der Waals surface area contributed by atoms with Crippen molar-refractivity contribution in [2.45, 2.75) is 46.0 Å². The van der Waals surface area contributed by atoms with E-state index in [1.807, 2.05) is 6.07 Å². The molecule has 0 aliphatic heterocycles. The minimum atomic E-state index is 0.854. The average molecular weight is 206 g/mol. The first kappa shape index (κ1) is 12.1. The van der Waals surface area contributed by atoms with Crippen LogP contribution in [0, 0.1) is 0 Å². The number of ether oxygens (including phenoxy) is 1. The molecule has 0 N–H and O–H groups in total. The highest BCUT2D eigenvalue weighted by Crippen LogP contribution is 2.14. The van der Waals surface area contributed by atoms with Crippen molar-refractivity contribution in [2.75, 3.05) is 6.61 Å². The molecule has 0 atom stereocenters. The lowest BCUT2D eigenvalue weighted by Crippen LogP contribution is -1.97. The van der Waals surface area contributed by atoms with Crippen molar-refractivity contribution < 1.29 is 4.74 Å². The smallest absolute Gasteiger partial charge is 0.119 e. The van der Waals surface area contributed by atoms with E-state index in [2.05, 4.69) is 32.0 Å². The average Bonchev–Trinajstić information content (AvgIpc) is 2.29. The van der Waals surface area contributed by atoms with Crippen molar-refractivity contribution in [1.29, 1.82) is 0 Å². The maximum Gasteiger partial charge on any atom is 0.119 e. The van der Waals surface area contributed by atoms with Crippen LogP contribution in [0.15, 0.2) is 24.3 Å². The first-order valence-electron chi connectivity index (χ1n) is 6.08. The molecule has 0 heterocycles. The minimum Gasteiger partial charge on any atom is -0.494 e. The van der Waals surface area contributed by atoms with Crippen molar-refractivity contribution in [1.82, 2.24) is 0 Å². The summed E-state index contributed by atoms with van der Waals surface area (Å²) in [6.07, 6.45) is 6.13. The first-order chi connectivity index (χ1) is 7.36. The van der Waals surface area contributed by atoms with Crippen LogP contribution in [0.3, 0.4) is 0 Å². The molecule has 0 fully saturated rings. The Balaban J connectivity index is 2.24. The molecule has 0 spiro atoms. The van der Waals surface area contributed by atoms with Crippen LogP contribution in [0.2, 0.25) is 0 Å². The molecule has 0 amide bonds. The molecule has 0 saturated carbocycles. The number of hydrogen-bond donors (Lipinski definition) is 0. The monoisotopic (exact) mass is 206 g/mol. The highest BCUT2D eigenvalue weighted by molar-refractivity contribution is 5.28. The van der Waals surface area contributed by atoms with Gasteiger partial charge in [-0.15, -0.1) is 0 Å². The summed E-state index contributed by atoms with van der Waals surface area (Å²) in [4.78, 5) is 0. The predicted octanol–water partition coefficient (Wildman–Crippen LogP) is 4.21. The summed E-state index contributed by atoms with van der Waals surface area (Å²) in [6, 6.07) is 8.39. The van der Waals surface area contributed by atoms with E-state index in [1.165, 1.54) is 31.2 Å². The van der Waals surface area contributed by atoms with Crippen molar-refractivity contribution in [3.8, 4) is 5.75 Å². The topological polar surface area (TPSA) is 9.23 Å². The highest BCUT2D eigenvalue weighted by Gasteiger charge is 1.95.